The molecule has 4 nitrogen and oxygen atoms in total. The number of aliphatic imine (C=N–C) groups is 1. The average Bonchev–Trinajstić information content (AvgIpc) is 2.77. The van der Waals surface area contributed by atoms with E-state index in [4.69, 9.17) is 0 Å². The molecule has 0 radical (unpaired) electrons. The van der Waals surface area contributed by atoms with Gasteiger partial charge in [-0.1, -0.05) is 37.4 Å². The summed E-state index contributed by atoms with van der Waals surface area (Å²) < 4.78 is 0. The van der Waals surface area contributed by atoms with Gasteiger partial charge in [0, 0.05) is 19.6 Å². The van der Waals surface area contributed by atoms with Gasteiger partial charge in [-0.05, 0) is 19.8 Å². The number of nitrogens with one attached hydrogen (secondary N) is 1. The zero-order valence-corrected chi connectivity index (χ0v) is 12.8. The van der Waals surface area contributed by atoms with E-state index in [0.29, 0.717) is 6.04 Å². The van der Waals surface area contributed by atoms with E-state index in [1.807, 2.05) is 18.9 Å². The van der Waals surface area contributed by atoms with Gasteiger partial charge in [-0.2, -0.15) is 0 Å². The molecule has 0 bridgehead atoms. The Kier molecular flexibility index (Phi) is 5.55. The molecule has 1 amide bonds. The van der Waals surface area contributed by atoms with Crippen LogP contribution in [-0.2, 0) is 4.79 Å². The Labute approximate surface area is 120 Å². The number of hydrogen-bond acceptors (Lipinski definition) is 4. The summed E-state index contributed by atoms with van der Waals surface area (Å²) in [5.74, 6) is 0.244. The summed E-state index contributed by atoms with van der Waals surface area (Å²) in [6.07, 6.45) is 7.50. The van der Waals surface area contributed by atoms with Crippen LogP contribution in [0.2, 0.25) is 0 Å². The van der Waals surface area contributed by atoms with Crippen LogP contribution >= 0.6 is 11.8 Å². The third-order valence-corrected chi connectivity index (χ3v) is 5.05. The summed E-state index contributed by atoms with van der Waals surface area (Å²) in [7, 11) is 1.97. The maximum Gasteiger partial charge on any atom is 0.235 e. The smallest absolute Gasteiger partial charge is 0.235 e. The number of nitrogens with zero attached hydrogens (tertiary/aromatic N) is 2. The Morgan fingerprint density at radius 2 is 2.05 bits per heavy atom. The quantitative estimate of drug-likeness (QED) is 0.808. The molecule has 0 aromatic rings. The van der Waals surface area contributed by atoms with Gasteiger partial charge in [-0.15, -0.1) is 0 Å². The van der Waals surface area contributed by atoms with E-state index >= 15 is 0 Å². The van der Waals surface area contributed by atoms with Gasteiger partial charge in [0.15, 0.2) is 5.17 Å². The molecule has 108 valence electrons. The second kappa shape index (κ2) is 7.17. The molecule has 1 aliphatic heterocycles. The average molecular weight is 283 g/mol. The van der Waals surface area contributed by atoms with E-state index in [1.165, 1.54) is 38.5 Å². The molecule has 1 heterocycles. The molecular weight excluding hydrogens is 258 g/mol. The van der Waals surface area contributed by atoms with Crippen molar-refractivity contribution in [3.8, 4) is 0 Å². The Morgan fingerprint density at radius 3 is 2.63 bits per heavy atom. The van der Waals surface area contributed by atoms with Gasteiger partial charge < -0.3 is 10.2 Å². The Balaban J connectivity index is 1.85. The van der Waals surface area contributed by atoms with E-state index in [2.05, 4.69) is 10.3 Å². The molecule has 0 aromatic carbocycles. The molecule has 2 rings (SSSR count). The summed E-state index contributed by atoms with van der Waals surface area (Å²) in [6.45, 7) is 3.73. The molecule has 0 aromatic heterocycles. The van der Waals surface area contributed by atoms with Crippen molar-refractivity contribution in [3.63, 3.8) is 0 Å². The van der Waals surface area contributed by atoms with E-state index in [0.717, 1.165) is 18.3 Å². The van der Waals surface area contributed by atoms with Crippen molar-refractivity contribution in [2.45, 2.75) is 56.7 Å². The Morgan fingerprint density at radius 1 is 1.37 bits per heavy atom. The molecule has 1 fully saturated rings. The van der Waals surface area contributed by atoms with Crippen LogP contribution in [0.3, 0.4) is 0 Å². The Bertz CT molecular complexity index is 338. The lowest BCUT2D eigenvalue weighted by Crippen LogP contribution is -2.41. The summed E-state index contributed by atoms with van der Waals surface area (Å²) in [5, 5.41) is 4.10. The highest BCUT2D eigenvalue weighted by Crippen LogP contribution is 2.23. The maximum atomic E-state index is 12.5. The van der Waals surface area contributed by atoms with Crippen LogP contribution in [0.15, 0.2) is 4.99 Å². The summed E-state index contributed by atoms with van der Waals surface area (Å²) >= 11 is 1.56. The molecule has 0 spiro atoms. The van der Waals surface area contributed by atoms with Crippen LogP contribution in [-0.4, -0.2) is 47.4 Å². The number of carbonyl (C=O) groups is 1. The number of amides is 1. The fourth-order valence-electron chi connectivity index (χ4n) is 2.78. The van der Waals surface area contributed by atoms with Gasteiger partial charge in [0.2, 0.25) is 5.91 Å². The van der Waals surface area contributed by atoms with Crippen molar-refractivity contribution in [2.24, 2.45) is 4.99 Å². The normalized spacial score (nSPS) is 22.3. The minimum absolute atomic E-state index is 0.0439. The minimum atomic E-state index is -0.0439. The molecule has 1 aliphatic carbocycles. The van der Waals surface area contributed by atoms with Gasteiger partial charge >= 0.3 is 0 Å². The van der Waals surface area contributed by atoms with Crippen molar-refractivity contribution >= 4 is 22.8 Å². The van der Waals surface area contributed by atoms with E-state index in [9.17, 15) is 4.79 Å². The van der Waals surface area contributed by atoms with Gasteiger partial charge in [0.25, 0.3) is 0 Å². The molecule has 1 atom stereocenters. The highest BCUT2D eigenvalue weighted by Gasteiger charge is 2.26. The number of hydrogen-bond donors (Lipinski definition) is 1. The van der Waals surface area contributed by atoms with Gasteiger partial charge in [0.1, 0.15) is 0 Å². The van der Waals surface area contributed by atoms with Crippen molar-refractivity contribution in [3.05, 3.63) is 0 Å². The predicted molar refractivity (Wildman–Crippen MR) is 81.6 cm³/mol. The first kappa shape index (κ1) is 14.7. The first-order valence-corrected chi connectivity index (χ1v) is 8.28. The van der Waals surface area contributed by atoms with Crippen molar-refractivity contribution in [2.75, 3.05) is 20.1 Å². The summed E-state index contributed by atoms with van der Waals surface area (Å²) in [5.41, 5.74) is 0. The topological polar surface area (TPSA) is 44.7 Å². The second-order valence-corrected chi connectivity index (χ2v) is 6.80. The van der Waals surface area contributed by atoms with Crippen LogP contribution in [0, 0.1) is 0 Å². The molecule has 1 unspecified atom stereocenters. The van der Waals surface area contributed by atoms with Gasteiger partial charge in [0.05, 0.1) is 11.8 Å². The third kappa shape index (κ3) is 4.13. The molecule has 2 aliphatic rings. The number of carbonyl (C=O) groups excluding carboxylic acids is 1. The third-order valence-electron chi connectivity index (χ3n) is 4.00. The van der Waals surface area contributed by atoms with Gasteiger partial charge in [-0.3, -0.25) is 9.79 Å². The SMILES string of the molecule is CC(SC1=NCCN1)C(=O)N(C)C1CCCCCC1. The minimum Gasteiger partial charge on any atom is -0.363 e. The molecule has 19 heavy (non-hydrogen) atoms. The monoisotopic (exact) mass is 283 g/mol. The molecule has 1 saturated carbocycles. The van der Waals surface area contributed by atoms with Crippen LogP contribution in [0.4, 0.5) is 0 Å². The van der Waals surface area contributed by atoms with Crippen LogP contribution < -0.4 is 5.32 Å². The standard InChI is InChI=1S/C14H25N3OS/c1-11(19-14-15-9-10-16-14)13(18)17(2)12-7-5-3-4-6-8-12/h11-12H,3-10H2,1-2H3,(H,15,16). The lowest BCUT2D eigenvalue weighted by molar-refractivity contribution is -0.131. The molecule has 1 N–H and O–H groups in total. The maximum absolute atomic E-state index is 12.5. The highest BCUT2D eigenvalue weighted by molar-refractivity contribution is 8.14. The first-order chi connectivity index (χ1) is 9.18. The number of amidine groups is 1. The fourth-order valence-corrected chi connectivity index (χ4v) is 3.74. The number of thioether (sulfide) groups is 1. The largest absolute Gasteiger partial charge is 0.363 e. The van der Waals surface area contributed by atoms with Crippen LogP contribution in [0.1, 0.15) is 45.4 Å². The summed E-state index contributed by atoms with van der Waals surface area (Å²) in [4.78, 5) is 18.8. The van der Waals surface area contributed by atoms with E-state index in [1.54, 1.807) is 11.8 Å². The zero-order chi connectivity index (χ0) is 13.7. The van der Waals surface area contributed by atoms with Crippen molar-refractivity contribution < 1.29 is 4.79 Å². The van der Waals surface area contributed by atoms with Crippen LogP contribution in [0.25, 0.3) is 0 Å². The molecular formula is C14H25N3OS. The van der Waals surface area contributed by atoms with Crippen molar-refractivity contribution in [1.29, 1.82) is 0 Å². The lowest BCUT2D eigenvalue weighted by atomic mass is 10.1. The number of rotatable bonds is 3. The lowest BCUT2D eigenvalue weighted by Gasteiger charge is -2.29. The van der Waals surface area contributed by atoms with Crippen molar-refractivity contribution in [1.82, 2.24) is 10.2 Å². The second-order valence-electron chi connectivity index (χ2n) is 5.47. The summed E-state index contributed by atoms with van der Waals surface area (Å²) in [6, 6.07) is 0.441. The molecule has 0 saturated heterocycles. The zero-order valence-electron chi connectivity index (χ0n) is 12.0. The highest BCUT2D eigenvalue weighted by atomic mass is 32.2. The van der Waals surface area contributed by atoms with E-state index < -0.39 is 0 Å². The van der Waals surface area contributed by atoms with Gasteiger partial charge in [-0.25, -0.2) is 0 Å². The Hall–Kier alpha value is -0.710. The predicted octanol–water partition coefficient (Wildman–Crippen LogP) is 2.25. The first-order valence-electron chi connectivity index (χ1n) is 7.40. The fraction of sp³-hybridized carbons (Fsp3) is 0.857. The molecule has 5 heteroatoms. The van der Waals surface area contributed by atoms with Crippen LogP contribution in [0.5, 0.6) is 0 Å². The van der Waals surface area contributed by atoms with E-state index in [-0.39, 0.29) is 11.2 Å².